The number of primary amides is 1. The number of nitrogens with two attached hydrogens (primary N) is 1. The molecule has 0 radical (unpaired) electrons. The first-order valence-electron chi connectivity index (χ1n) is 12.0. The third kappa shape index (κ3) is 3.95. The summed E-state index contributed by atoms with van der Waals surface area (Å²) in [4.78, 5) is 44.8. The fraction of sp³-hybridized carbons (Fsp3) is 0.222. The molecule has 0 spiro atoms. The summed E-state index contributed by atoms with van der Waals surface area (Å²) in [7, 11) is 1.59. The van der Waals surface area contributed by atoms with Gasteiger partial charge in [-0.1, -0.05) is 0 Å². The van der Waals surface area contributed by atoms with E-state index in [4.69, 9.17) is 10.5 Å². The number of methoxy groups -OCH3 is 1. The predicted molar refractivity (Wildman–Crippen MR) is 141 cm³/mol. The Morgan fingerprint density at radius 2 is 2.03 bits per heavy atom. The van der Waals surface area contributed by atoms with Crippen LogP contribution in [0.2, 0.25) is 0 Å². The van der Waals surface area contributed by atoms with E-state index in [1.165, 1.54) is 11.8 Å². The molecule has 2 atom stereocenters. The van der Waals surface area contributed by atoms with Crippen molar-refractivity contribution in [3.8, 4) is 5.75 Å². The van der Waals surface area contributed by atoms with Crippen LogP contribution >= 0.6 is 11.8 Å². The van der Waals surface area contributed by atoms with Crippen LogP contribution in [0.25, 0.3) is 10.9 Å². The van der Waals surface area contributed by atoms with Gasteiger partial charge in [0.2, 0.25) is 5.91 Å². The van der Waals surface area contributed by atoms with Crippen molar-refractivity contribution in [2.75, 3.05) is 12.0 Å². The molecule has 11 heteroatoms. The molecule has 2 unspecified atom stereocenters. The second-order valence-electron chi connectivity index (χ2n) is 9.26. The van der Waals surface area contributed by atoms with E-state index in [2.05, 4.69) is 10.1 Å². The van der Waals surface area contributed by atoms with Crippen LogP contribution in [0.5, 0.6) is 5.75 Å². The number of aromatic carboxylic acids is 1. The van der Waals surface area contributed by atoms with E-state index in [-0.39, 0.29) is 17.5 Å². The number of carboxylic acid groups (broad SMARTS) is 1. The highest BCUT2D eigenvalue weighted by Gasteiger charge is 2.41. The number of fused-ring (bicyclic) bond motifs is 3. The molecule has 192 valence electrons. The fourth-order valence-electron chi connectivity index (χ4n) is 5.25. The van der Waals surface area contributed by atoms with E-state index in [0.29, 0.717) is 30.7 Å². The van der Waals surface area contributed by atoms with Crippen LogP contribution in [-0.2, 0) is 17.6 Å². The van der Waals surface area contributed by atoms with Crippen LogP contribution < -0.4 is 15.4 Å². The minimum Gasteiger partial charge on any atom is -0.497 e. The number of aromatic nitrogens is 3. The maximum Gasteiger partial charge on any atom is 0.339 e. The highest BCUT2D eigenvalue weighted by molar-refractivity contribution is 8.00. The number of nitrogens with zero attached hydrogens (tertiary/aromatic N) is 4. The Bertz CT molecular complexity index is 1630. The maximum atomic E-state index is 14.3. The van der Waals surface area contributed by atoms with Gasteiger partial charge < -0.3 is 20.5 Å². The lowest BCUT2D eigenvalue weighted by atomic mass is 9.91. The number of carbonyl (C=O) groups excluding carboxylic acids is 2. The molecule has 38 heavy (non-hydrogen) atoms. The quantitative estimate of drug-likeness (QED) is 0.407. The van der Waals surface area contributed by atoms with E-state index in [0.717, 1.165) is 37.3 Å². The molecular weight excluding hydrogens is 506 g/mol. The van der Waals surface area contributed by atoms with E-state index in [1.54, 1.807) is 42.6 Å². The Kier molecular flexibility index (Phi) is 5.79. The lowest BCUT2D eigenvalue weighted by molar-refractivity contribution is -0.118. The van der Waals surface area contributed by atoms with Gasteiger partial charge in [-0.15, -0.1) is 11.8 Å². The van der Waals surface area contributed by atoms with Crippen molar-refractivity contribution in [2.45, 2.75) is 35.4 Å². The molecule has 3 N–H and O–H groups in total. The molecular formula is C27H23N5O5S. The largest absolute Gasteiger partial charge is 0.497 e. The molecule has 6 rings (SSSR count). The van der Waals surface area contributed by atoms with Crippen molar-refractivity contribution in [2.24, 2.45) is 5.73 Å². The van der Waals surface area contributed by atoms with Gasteiger partial charge >= 0.3 is 12.0 Å². The van der Waals surface area contributed by atoms with E-state index in [9.17, 15) is 19.5 Å². The molecule has 4 aromatic rings. The van der Waals surface area contributed by atoms with Crippen LogP contribution in [-0.4, -0.2) is 50.9 Å². The van der Waals surface area contributed by atoms with Crippen molar-refractivity contribution in [1.29, 1.82) is 0 Å². The Morgan fingerprint density at radius 1 is 1.18 bits per heavy atom. The van der Waals surface area contributed by atoms with Crippen molar-refractivity contribution in [1.82, 2.24) is 14.8 Å². The minimum atomic E-state index is -1.06. The summed E-state index contributed by atoms with van der Waals surface area (Å²) in [6.45, 7) is 0. The number of rotatable bonds is 4. The Hall–Kier alpha value is -4.38. The number of hydrogen-bond acceptors (Lipinski definition) is 7. The lowest BCUT2D eigenvalue weighted by Gasteiger charge is -2.40. The van der Waals surface area contributed by atoms with E-state index < -0.39 is 17.3 Å². The topological polar surface area (TPSA) is 141 Å². The summed E-state index contributed by atoms with van der Waals surface area (Å²) >= 11 is 1.40. The van der Waals surface area contributed by atoms with Gasteiger partial charge in [-0.05, 0) is 72.9 Å². The average Bonchev–Trinajstić information content (AvgIpc) is 3.36. The number of anilines is 1. The van der Waals surface area contributed by atoms with E-state index >= 15 is 0 Å². The zero-order valence-electron chi connectivity index (χ0n) is 20.3. The number of aryl methyl sites for hydroxylation is 1. The zero-order chi connectivity index (χ0) is 26.6. The molecule has 2 aromatic heterocycles. The third-order valence-corrected chi connectivity index (χ3v) is 8.37. The van der Waals surface area contributed by atoms with Crippen LogP contribution in [0.4, 0.5) is 10.5 Å². The first-order chi connectivity index (χ1) is 18.3. The van der Waals surface area contributed by atoms with E-state index in [1.807, 2.05) is 24.3 Å². The maximum absolute atomic E-state index is 14.3. The first-order valence-corrected chi connectivity index (χ1v) is 12.9. The summed E-state index contributed by atoms with van der Waals surface area (Å²) < 4.78 is 6.55. The lowest BCUT2D eigenvalue weighted by Crippen LogP contribution is -2.47. The van der Waals surface area contributed by atoms with Crippen LogP contribution in [0.1, 0.15) is 38.8 Å². The van der Waals surface area contributed by atoms with Crippen LogP contribution in [0.3, 0.4) is 0 Å². The zero-order valence-corrected chi connectivity index (χ0v) is 21.1. The first kappa shape index (κ1) is 24.0. The summed E-state index contributed by atoms with van der Waals surface area (Å²) in [6.07, 6.45) is 4.93. The molecule has 0 saturated heterocycles. The summed E-state index contributed by atoms with van der Waals surface area (Å²) in [6, 6.07) is 11.4. The van der Waals surface area contributed by atoms with Gasteiger partial charge in [0.15, 0.2) is 0 Å². The molecule has 0 bridgehead atoms. The highest BCUT2D eigenvalue weighted by atomic mass is 32.2. The SMILES string of the molecule is COc1ccc2nccc(C3Sc4ccc(C(=O)O)cc4N(C4CCc5nn(C(N)=O)cc5C4)C3=O)c2c1. The monoisotopic (exact) mass is 529 g/mol. The molecule has 1 aliphatic carbocycles. The molecule has 0 fully saturated rings. The van der Waals surface area contributed by atoms with Gasteiger partial charge in [-0.3, -0.25) is 9.78 Å². The van der Waals surface area contributed by atoms with Crippen LogP contribution in [0.15, 0.2) is 59.8 Å². The Morgan fingerprint density at radius 3 is 2.79 bits per heavy atom. The standard InChI is InChI=1S/C27H23N5O5S/c1-37-17-4-6-21-19(12-17)18(8-9-29-21)24-25(33)32(22-11-14(26(34)35)2-7-23(22)38-24)16-3-5-20-15(10-16)13-31(30-20)27(28)36/h2,4,6-9,11-13,16,24H,3,5,10H2,1H3,(H2,28,36)(H,34,35). The molecule has 2 aliphatic rings. The number of benzene rings is 2. The normalized spacial score (nSPS) is 18.7. The van der Waals surface area contributed by atoms with Gasteiger partial charge in [0.1, 0.15) is 11.0 Å². The van der Waals surface area contributed by atoms with Gasteiger partial charge in [0.05, 0.1) is 29.6 Å². The van der Waals surface area contributed by atoms with Crippen molar-refractivity contribution >= 4 is 46.3 Å². The Balaban J connectivity index is 1.46. The second kappa shape index (κ2) is 9.18. The number of carbonyl (C=O) groups is 3. The number of carboxylic acids is 1. The smallest absolute Gasteiger partial charge is 0.339 e. The third-order valence-electron chi connectivity index (χ3n) is 7.07. The number of pyridine rings is 1. The fourth-order valence-corrected chi connectivity index (χ4v) is 6.48. The summed E-state index contributed by atoms with van der Waals surface area (Å²) in [5, 5.41) is 14.2. The minimum absolute atomic E-state index is 0.109. The second-order valence-corrected chi connectivity index (χ2v) is 10.4. The molecule has 10 nitrogen and oxygen atoms in total. The summed E-state index contributed by atoms with van der Waals surface area (Å²) in [5.41, 5.74) is 9.26. The molecule has 3 heterocycles. The van der Waals surface area contributed by atoms with Gasteiger partial charge in [-0.2, -0.15) is 9.78 Å². The van der Waals surface area contributed by atoms with Gasteiger partial charge in [0, 0.05) is 28.7 Å². The number of hydrogen-bond donors (Lipinski definition) is 2. The van der Waals surface area contributed by atoms with Crippen molar-refractivity contribution in [3.63, 3.8) is 0 Å². The molecule has 2 amide bonds. The van der Waals surface area contributed by atoms with Gasteiger partial charge in [0.25, 0.3) is 0 Å². The highest BCUT2D eigenvalue weighted by Crippen LogP contribution is 2.49. The van der Waals surface area contributed by atoms with Crippen LogP contribution in [0, 0.1) is 0 Å². The van der Waals surface area contributed by atoms with Crippen molar-refractivity contribution in [3.05, 3.63) is 77.2 Å². The number of ether oxygens (including phenoxy) is 1. The summed E-state index contributed by atoms with van der Waals surface area (Å²) in [5.74, 6) is -0.543. The Labute approximate surface area is 221 Å². The molecule has 0 saturated carbocycles. The molecule has 1 aliphatic heterocycles. The molecule has 2 aromatic carbocycles. The van der Waals surface area contributed by atoms with Crippen molar-refractivity contribution < 1.29 is 24.2 Å². The number of amides is 2. The predicted octanol–water partition coefficient (Wildman–Crippen LogP) is 3.80. The van der Waals surface area contributed by atoms with Gasteiger partial charge in [-0.25, -0.2) is 9.59 Å². The number of thioether (sulfide) groups is 1. The average molecular weight is 530 g/mol.